The van der Waals surface area contributed by atoms with Crippen LogP contribution < -0.4 is 11.0 Å². The van der Waals surface area contributed by atoms with Crippen molar-refractivity contribution in [3.05, 3.63) is 34.7 Å². The van der Waals surface area contributed by atoms with Crippen molar-refractivity contribution in [2.24, 2.45) is 5.92 Å². The Morgan fingerprint density at radius 1 is 1.19 bits per heavy atom. The summed E-state index contributed by atoms with van der Waals surface area (Å²) in [5.74, 6) is 0.783. The van der Waals surface area contributed by atoms with Gasteiger partial charge in [-0.3, -0.25) is 9.47 Å². The van der Waals surface area contributed by atoms with Gasteiger partial charge < -0.3 is 10.3 Å². The zero-order valence-electron chi connectivity index (χ0n) is 15.6. The molecule has 0 spiro atoms. The number of benzene rings is 1. The summed E-state index contributed by atoms with van der Waals surface area (Å²) >= 11 is 0. The molecule has 2 aliphatic rings. The smallest absolute Gasteiger partial charge is 0.316 e. The van der Waals surface area contributed by atoms with Crippen LogP contribution in [0.2, 0.25) is 0 Å². The standard InChI is InChI=1S/C20H30N4O.ClH/c1-2-18(15-6-5-11-21-14-15)23-12-9-16(10-13-23)24-19-8-4-3-7-17(19)22-20(24)25;/h3-4,7-8,15-16,18,21H,2,5-6,9-14H2,1H3,(H,22,25);1H. The third kappa shape index (κ3) is 3.71. The van der Waals surface area contributed by atoms with Crippen molar-refractivity contribution in [3.8, 4) is 0 Å². The van der Waals surface area contributed by atoms with Crippen LogP contribution in [-0.4, -0.2) is 46.7 Å². The number of halogens is 1. The highest BCUT2D eigenvalue weighted by Crippen LogP contribution is 2.29. The van der Waals surface area contributed by atoms with Crippen molar-refractivity contribution in [2.45, 2.75) is 51.1 Å². The number of likely N-dealkylation sites (tertiary alicyclic amines) is 1. The van der Waals surface area contributed by atoms with Crippen LogP contribution in [0.1, 0.15) is 45.1 Å². The molecule has 4 rings (SSSR count). The molecule has 1 aromatic carbocycles. The second-order valence-corrected chi connectivity index (χ2v) is 7.67. The highest BCUT2D eigenvalue weighted by Gasteiger charge is 2.31. The molecule has 2 N–H and O–H groups in total. The van der Waals surface area contributed by atoms with Crippen LogP contribution in [0.3, 0.4) is 0 Å². The largest absolute Gasteiger partial charge is 0.326 e. The predicted molar refractivity (Wildman–Crippen MR) is 109 cm³/mol. The van der Waals surface area contributed by atoms with E-state index >= 15 is 0 Å². The molecule has 3 heterocycles. The van der Waals surface area contributed by atoms with E-state index in [4.69, 9.17) is 0 Å². The normalized spacial score (nSPS) is 23.7. The number of aromatic nitrogens is 2. The van der Waals surface area contributed by atoms with Crippen molar-refractivity contribution in [1.29, 1.82) is 0 Å². The summed E-state index contributed by atoms with van der Waals surface area (Å²) in [6.45, 7) is 6.88. The Balaban J connectivity index is 0.00000196. The Kier molecular flexibility index (Phi) is 6.43. The summed E-state index contributed by atoms with van der Waals surface area (Å²) in [5.41, 5.74) is 2.05. The van der Waals surface area contributed by atoms with Crippen LogP contribution in [0.5, 0.6) is 0 Å². The maximum atomic E-state index is 12.4. The van der Waals surface area contributed by atoms with Gasteiger partial charge in [-0.2, -0.15) is 0 Å². The number of hydrogen-bond donors (Lipinski definition) is 2. The molecule has 144 valence electrons. The van der Waals surface area contributed by atoms with Gasteiger partial charge in [-0.15, -0.1) is 12.4 Å². The van der Waals surface area contributed by atoms with Crippen LogP contribution in [0, 0.1) is 5.92 Å². The van der Waals surface area contributed by atoms with E-state index < -0.39 is 0 Å². The molecule has 26 heavy (non-hydrogen) atoms. The fraction of sp³-hybridized carbons (Fsp3) is 0.650. The Morgan fingerprint density at radius 3 is 2.65 bits per heavy atom. The highest BCUT2D eigenvalue weighted by atomic mass is 35.5. The van der Waals surface area contributed by atoms with Gasteiger partial charge in [-0.05, 0) is 63.2 Å². The molecule has 2 aliphatic heterocycles. The zero-order chi connectivity index (χ0) is 17.2. The van der Waals surface area contributed by atoms with Crippen LogP contribution in [-0.2, 0) is 0 Å². The lowest BCUT2D eigenvalue weighted by Gasteiger charge is -2.42. The molecule has 0 aliphatic carbocycles. The van der Waals surface area contributed by atoms with E-state index in [0.717, 1.165) is 42.9 Å². The third-order valence-corrected chi connectivity index (χ3v) is 6.25. The first-order valence-corrected chi connectivity index (χ1v) is 9.92. The van der Waals surface area contributed by atoms with Crippen LogP contribution in [0.4, 0.5) is 0 Å². The van der Waals surface area contributed by atoms with E-state index in [1.807, 2.05) is 22.8 Å². The van der Waals surface area contributed by atoms with Crippen LogP contribution in [0.15, 0.2) is 29.1 Å². The molecule has 0 radical (unpaired) electrons. The SMILES string of the molecule is CCC(C1CCCNC1)N1CCC(n2c(=O)[nH]c3ccccc32)CC1.Cl. The number of rotatable bonds is 4. The minimum atomic E-state index is 0. The number of H-pyrrole nitrogens is 1. The fourth-order valence-electron chi connectivity index (χ4n) is 5.01. The Labute approximate surface area is 161 Å². The van der Waals surface area contributed by atoms with Crippen molar-refractivity contribution >= 4 is 23.4 Å². The summed E-state index contributed by atoms with van der Waals surface area (Å²) < 4.78 is 2.00. The average molecular weight is 379 g/mol. The number of aromatic amines is 1. The molecular formula is C20H31ClN4O. The summed E-state index contributed by atoms with van der Waals surface area (Å²) in [5, 5.41) is 3.57. The molecule has 2 aromatic rings. The first kappa shape index (κ1) is 19.5. The van der Waals surface area contributed by atoms with Gasteiger partial charge in [0.15, 0.2) is 0 Å². The molecule has 0 amide bonds. The lowest BCUT2D eigenvalue weighted by Crippen LogP contribution is -2.49. The van der Waals surface area contributed by atoms with E-state index in [2.05, 4.69) is 28.2 Å². The Bertz CT molecular complexity index is 757. The molecule has 0 saturated carbocycles. The van der Waals surface area contributed by atoms with Gasteiger partial charge >= 0.3 is 5.69 Å². The van der Waals surface area contributed by atoms with E-state index in [1.54, 1.807) is 0 Å². The fourth-order valence-corrected chi connectivity index (χ4v) is 5.01. The van der Waals surface area contributed by atoms with Crippen molar-refractivity contribution in [2.75, 3.05) is 26.2 Å². The van der Waals surface area contributed by atoms with Gasteiger partial charge in [-0.1, -0.05) is 19.1 Å². The molecule has 2 atom stereocenters. The number of imidazole rings is 1. The second kappa shape index (κ2) is 8.59. The van der Waals surface area contributed by atoms with Gasteiger partial charge in [0.25, 0.3) is 0 Å². The number of piperidine rings is 2. The van der Waals surface area contributed by atoms with Gasteiger partial charge in [0.05, 0.1) is 11.0 Å². The molecule has 6 heteroatoms. The van der Waals surface area contributed by atoms with E-state index in [-0.39, 0.29) is 18.1 Å². The molecule has 2 fully saturated rings. The molecule has 2 unspecified atom stereocenters. The summed E-state index contributed by atoms with van der Waals surface area (Å²) in [6.07, 6.45) is 6.02. The van der Waals surface area contributed by atoms with Crippen LogP contribution in [0.25, 0.3) is 11.0 Å². The average Bonchev–Trinajstić information content (AvgIpc) is 3.00. The predicted octanol–water partition coefficient (Wildman–Crippen LogP) is 3.17. The first-order valence-electron chi connectivity index (χ1n) is 9.92. The number of hydrogen-bond acceptors (Lipinski definition) is 3. The topological polar surface area (TPSA) is 53.1 Å². The number of nitrogens with zero attached hydrogens (tertiary/aromatic N) is 2. The van der Waals surface area contributed by atoms with Crippen molar-refractivity contribution in [3.63, 3.8) is 0 Å². The molecular weight excluding hydrogens is 348 g/mol. The maximum absolute atomic E-state index is 12.4. The van der Waals surface area contributed by atoms with Gasteiger partial charge in [0.1, 0.15) is 0 Å². The van der Waals surface area contributed by atoms with E-state index in [1.165, 1.54) is 32.4 Å². The Hall–Kier alpha value is -1.30. The van der Waals surface area contributed by atoms with Crippen molar-refractivity contribution in [1.82, 2.24) is 19.8 Å². The van der Waals surface area contributed by atoms with Gasteiger partial charge in [0.2, 0.25) is 0 Å². The number of fused-ring (bicyclic) bond motifs is 1. The number of nitrogens with one attached hydrogen (secondary N) is 2. The molecule has 5 nitrogen and oxygen atoms in total. The van der Waals surface area contributed by atoms with E-state index in [0.29, 0.717) is 12.1 Å². The summed E-state index contributed by atoms with van der Waals surface area (Å²) in [4.78, 5) is 18.1. The maximum Gasteiger partial charge on any atom is 0.326 e. The molecule has 1 aromatic heterocycles. The summed E-state index contributed by atoms with van der Waals surface area (Å²) in [7, 11) is 0. The lowest BCUT2D eigenvalue weighted by molar-refractivity contribution is 0.0830. The minimum absolute atomic E-state index is 0. The quantitative estimate of drug-likeness (QED) is 0.859. The lowest BCUT2D eigenvalue weighted by atomic mass is 9.87. The second-order valence-electron chi connectivity index (χ2n) is 7.67. The van der Waals surface area contributed by atoms with Gasteiger partial charge in [-0.25, -0.2) is 4.79 Å². The van der Waals surface area contributed by atoms with Gasteiger partial charge in [0, 0.05) is 25.2 Å². The minimum Gasteiger partial charge on any atom is -0.316 e. The molecule has 2 saturated heterocycles. The first-order chi connectivity index (χ1) is 12.3. The number of para-hydroxylation sites is 2. The van der Waals surface area contributed by atoms with Crippen LogP contribution >= 0.6 is 12.4 Å². The molecule has 0 bridgehead atoms. The Morgan fingerprint density at radius 2 is 1.96 bits per heavy atom. The highest BCUT2D eigenvalue weighted by molar-refractivity contribution is 5.85. The zero-order valence-corrected chi connectivity index (χ0v) is 16.4. The summed E-state index contributed by atoms with van der Waals surface area (Å²) in [6, 6.07) is 9.06. The third-order valence-electron chi connectivity index (χ3n) is 6.25. The van der Waals surface area contributed by atoms with E-state index in [9.17, 15) is 4.79 Å². The van der Waals surface area contributed by atoms with Crippen molar-refractivity contribution < 1.29 is 0 Å². The monoisotopic (exact) mass is 378 g/mol.